The van der Waals surface area contributed by atoms with Gasteiger partial charge in [-0.2, -0.15) is 4.31 Å². The van der Waals surface area contributed by atoms with Crippen LogP contribution in [0.5, 0.6) is 11.5 Å². The molecule has 0 fully saturated rings. The van der Waals surface area contributed by atoms with E-state index in [1.165, 1.54) is 17.7 Å². The highest BCUT2D eigenvalue weighted by Crippen LogP contribution is 2.30. The van der Waals surface area contributed by atoms with Crippen molar-refractivity contribution in [1.29, 1.82) is 0 Å². The van der Waals surface area contributed by atoms with Crippen molar-refractivity contribution in [1.82, 2.24) is 14.3 Å². The fourth-order valence-electron chi connectivity index (χ4n) is 3.87. The number of sulfonamides is 1. The zero-order valence-electron chi connectivity index (χ0n) is 20.6. The molecule has 1 aromatic heterocycles. The number of ether oxygens (including phenoxy) is 1. The standard InChI is InChI=1S/C25H35N5O4S/c1-18-5-7-20(16-21(18)17-30(14-4-11-26)35(3,32)33)22-10-13-28-25(29-22)27-12-9-19-6-8-23(31)24(15-19)34-2/h6-8,10,13,15-16,18,31H,4-5,9,11-12,14,17,26H2,1-3H3,(H,27,28,29). The summed E-state index contributed by atoms with van der Waals surface area (Å²) in [5, 5.41) is 13.0. The van der Waals surface area contributed by atoms with E-state index in [1.54, 1.807) is 12.3 Å². The summed E-state index contributed by atoms with van der Waals surface area (Å²) in [5.41, 5.74) is 9.41. The van der Waals surface area contributed by atoms with Gasteiger partial charge in [0.1, 0.15) is 0 Å². The molecule has 1 atom stereocenters. The number of hydrogen-bond acceptors (Lipinski definition) is 8. The third kappa shape index (κ3) is 7.51. The summed E-state index contributed by atoms with van der Waals surface area (Å²) in [6, 6.07) is 7.13. The molecule has 1 heterocycles. The molecule has 0 amide bonds. The van der Waals surface area contributed by atoms with E-state index >= 15 is 0 Å². The first-order chi connectivity index (χ1) is 16.7. The third-order valence-corrected chi connectivity index (χ3v) is 7.25. The number of aromatic nitrogens is 2. The second kappa shape index (κ2) is 12.1. The number of rotatable bonds is 12. The first kappa shape index (κ1) is 26.7. The molecule has 0 saturated heterocycles. The van der Waals surface area contributed by atoms with Gasteiger partial charge in [0.25, 0.3) is 0 Å². The van der Waals surface area contributed by atoms with Crippen LogP contribution in [0, 0.1) is 5.92 Å². The summed E-state index contributed by atoms with van der Waals surface area (Å²) < 4.78 is 31.2. The number of anilines is 1. The fourth-order valence-corrected chi connectivity index (χ4v) is 4.71. The van der Waals surface area contributed by atoms with Crippen molar-refractivity contribution in [2.75, 3.05) is 44.9 Å². The van der Waals surface area contributed by atoms with Crippen LogP contribution in [0.15, 0.2) is 48.2 Å². The van der Waals surface area contributed by atoms with Crippen molar-refractivity contribution in [3.8, 4) is 11.5 Å². The van der Waals surface area contributed by atoms with Gasteiger partial charge in [0.2, 0.25) is 16.0 Å². The summed E-state index contributed by atoms with van der Waals surface area (Å²) in [5.74, 6) is 1.31. The minimum absolute atomic E-state index is 0.113. The molecular formula is C25H35N5O4S. The second-order valence-electron chi connectivity index (χ2n) is 8.70. The Hall–Kier alpha value is -2.95. The van der Waals surface area contributed by atoms with Gasteiger partial charge in [0.05, 0.1) is 19.1 Å². The SMILES string of the molecule is COc1cc(CCNc2nccc(C3=CCC(C)C(CN(CCCN)S(C)(=O)=O)=C3)n2)ccc1O. The van der Waals surface area contributed by atoms with E-state index in [4.69, 9.17) is 10.5 Å². The number of benzene rings is 1. The maximum absolute atomic E-state index is 12.3. The van der Waals surface area contributed by atoms with Gasteiger partial charge >= 0.3 is 0 Å². The molecule has 190 valence electrons. The summed E-state index contributed by atoms with van der Waals surface area (Å²) in [6.07, 6.45) is 9.27. The van der Waals surface area contributed by atoms with Gasteiger partial charge in [-0.15, -0.1) is 0 Å². The Morgan fingerprint density at radius 2 is 2.11 bits per heavy atom. The quantitative estimate of drug-likeness (QED) is 0.405. The molecule has 0 radical (unpaired) electrons. The smallest absolute Gasteiger partial charge is 0.223 e. The van der Waals surface area contributed by atoms with Gasteiger partial charge in [0.15, 0.2) is 11.5 Å². The van der Waals surface area contributed by atoms with Gasteiger partial charge in [-0.05, 0) is 61.1 Å². The Morgan fingerprint density at radius 1 is 1.31 bits per heavy atom. The fraction of sp³-hybridized carbons (Fsp3) is 0.440. The van der Waals surface area contributed by atoms with Crippen LogP contribution in [0.3, 0.4) is 0 Å². The lowest BCUT2D eigenvalue weighted by atomic mass is 9.88. The molecule has 1 unspecified atom stereocenters. The average Bonchev–Trinajstić information content (AvgIpc) is 2.83. The molecule has 1 aliphatic rings. The van der Waals surface area contributed by atoms with Crippen LogP contribution < -0.4 is 15.8 Å². The van der Waals surface area contributed by atoms with Gasteiger partial charge in [-0.1, -0.05) is 30.7 Å². The average molecular weight is 502 g/mol. The number of phenolic OH excluding ortho intramolecular Hbond substituents is 1. The predicted molar refractivity (Wildman–Crippen MR) is 139 cm³/mol. The molecule has 1 aromatic carbocycles. The van der Waals surface area contributed by atoms with E-state index in [2.05, 4.69) is 28.3 Å². The number of nitrogens with one attached hydrogen (secondary N) is 1. The second-order valence-corrected chi connectivity index (χ2v) is 10.7. The molecule has 1 aliphatic carbocycles. The molecule has 3 rings (SSSR count). The number of methoxy groups -OCH3 is 1. The monoisotopic (exact) mass is 501 g/mol. The highest BCUT2D eigenvalue weighted by Gasteiger charge is 2.22. The largest absolute Gasteiger partial charge is 0.504 e. The van der Waals surface area contributed by atoms with Gasteiger partial charge in [-0.25, -0.2) is 18.4 Å². The molecule has 10 heteroatoms. The lowest BCUT2D eigenvalue weighted by molar-refractivity contribution is 0.373. The third-order valence-electron chi connectivity index (χ3n) is 6.00. The van der Waals surface area contributed by atoms with E-state index in [0.717, 1.165) is 28.8 Å². The molecule has 0 aliphatic heterocycles. The van der Waals surface area contributed by atoms with Crippen molar-refractivity contribution in [3.63, 3.8) is 0 Å². The van der Waals surface area contributed by atoms with Gasteiger partial charge in [-0.3, -0.25) is 0 Å². The van der Waals surface area contributed by atoms with Crippen LogP contribution in [-0.4, -0.2) is 67.3 Å². The number of phenols is 1. The number of allylic oxidation sites excluding steroid dienone is 3. The van der Waals surface area contributed by atoms with Crippen LogP contribution >= 0.6 is 0 Å². The zero-order chi connectivity index (χ0) is 25.4. The van der Waals surface area contributed by atoms with Crippen molar-refractivity contribution >= 4 is 21.5 Å². The Bertz CT molecular complexity index is 1180. The summed E-state index contributed by atoms with van der Waals surface area (Å²) in [6.45, 7) is 3.92. The molecule has 35 heavy (non-hydrogen) atoms. The molecule has 0 spiro atoms. The van der Waals surface area contributed by atoms with Crippen LogP contribution in [-0.2, 0) is 16.4 Å². The first-order valence-electron chi connectivity index (χ1n) is 11.7. The van der Waals surface area contributed by atoms with E-state index < -0.39 is 10.0 Å². The van der Waals surface area contributed by atoms with Crippen molar-refractivity contribution in [3.05, 3.63) is 59.4 Å². The van der Waals surface area contributed by atoms with Crippen LogP contribution in [0.2, 0.25) is 0 Å². The summed E-state index contributed by atoms with van der Waals surface area (Å²) >= 11 is 0. The lowest BCUT2D eigenvalue weighted by Gasteiger charge is -2.26. The minimum atomic E-state index is -3.33. The highest BCUT2D eigenvalue weighted by atomic mass is 32.2. The number of nitrogens with two attached hydrogens (primary N) is 1. The van der Waals surface area contributed by atoms with E-state index in [1.807, 2.05) is 24.3 Å². The maximum atomic E-state index is 12.3. The van der Waals surface area contributed by atoms with Crippen molar-refractivity contribution in [2.45, 2.75) is 26.2 Å². The number of aromatic hydroxyl groups is 1. The Kier molecular flexibility index (Phi) is 9.25. The normalized spacial score (nSPS) is 16.1. The van der Waals surface area contributed by atoms with Gasteiger partial charge in [0, 0.05) is 25.8 Å². The minimum Gasteiger partial charge on any atom is -0.504 e. The van der Waals surface area contributed by atoms with Crippen molar-refractivity contribution < 1.29 is 18.3 Å². The number of nitrogens with zero attached hydrogens (tertiary/aromatic N) is 3. The van der Waals surface area contributed by atoms with Crippen LogP contribution in [0.1, 0.15) is 31.0 Å². The molecule has 2 aromatic rings. The zero-order valence-corrected chi connectivity index (χ0v) is 21.4. The van der Waals surface area contributed by atoms with E-state index in [-0.39, 0.29) is 11.7 Å². The van der Waals surface area contributed by atoms with E-state index in [9.17, 15) is 13.5 Å². The molecule has 0 saturated carbocycles. The predicted octanol–water partition coefficient (Wildman–Crippen LogP) is 2.81. The van der Waals surface area contributed by atoms with Crippen LogP contribution in [0.25, 0.3) is 5.57 Å². The molecular weight excluding hydrogens is 466 g/mol. The first-order valence-corrected chi connectivity index (χ1v) is 13.5. The highest BCUT2D eigenvalue weighted by molar-refractivity contribution is 7.88. The Balaban J connectivity index is 1.69. The lowest BCUT2D eigenvalue weighted by Crippen LogP contribution is -2.35. The Labute approximate surface area is 207 Å². The molecule has 0 bridgehead atoms. The van der Waals surface area contributed by atoms with Crippen molar-refractivity contribution in [2.24, 2.45) is 11.7 Å². The van der Waals surface area contributed by atoms with Crippen LogP contribution in [0.4, 0.5) is 5.95 Å². The topological polar surface area (TPSA) is 131 Å². The number of hydrogen-bond donors (Lipinski definition) is 3. The van der Waals surface area contributed by atoms with E-state index in [0.29, 0.717) is 50.7 Å². The van der Waals surface area contributed by atoms with Gasteiger partial charge < -0.3 is 20.9 Å². The molecule has 9 nitrogen and oxygen atoms in total. The maximum Gasteiger partial charge on any atom is 0.223 e. The summed E-state index contributed by atoms with van der Waals surface area (Å²) in [7, 11) is -1.81. The Morgan fingerprint density at radius 3 is 2.83 bits per heavy atom. The summed E-state index contributed by atoms with van der Waals surface area (Å²) in [4.78, 5) is 8.99. The molecule has 4 N–H and O–H groups in total.